The van der Waals surface area contributed by atoms with Gasteiger partial charge in [0, 0.05) is 31.6 Å². The molecule has 2 saturated heterocycles. The summed E-state index contributed by atoms with van der Waals surface area (Å²) in [6.07, 6.45) is 8.38. The van der Waals surface area contributed by atoms with Crippen molar-refractivity contribution in [1.29, 1.82) is 0 Å². The Morgan fingerprint density at radius 2 is 1.96 bits per heavy atom. The first-order valence-electron chi connectivity index (χ1n) is 9.89. The van der Waals surface area contributed by atoms with Gasteiger partial charge < -0.3 is 9.80 Å². The van der Waals surface area contributed by atoms with Gasteiger partial charge in [-0.05, 0) is 49.8 Å². The van der Waals surface area contributed by atoms with Crippen molar-refractivity contribution < 1.29 is 9.59 Å². The predicted octanol–water partition coefficient (Wildman–Crippen LogP) is 3.81. The van der Waals surface area contributed by atoms with Crippen LogP contribution in [0, 0.1) is 0 Å². The molecule has 2 heterocycles. The van der Waals surface area contributed by atoms with E-state index in [1.165, 1.54) is 5.56 Å². The lowest BCUT2D eigenvalue weighted by atomic mass is 9.79. The van der Waals surface area contributed by atoms with Gasteiger partial charge in [-0.25, -0.2) is 0 Å². The number of amides is 2. The Hall–Kier alpha value is -2.10. The summed E-state index contributed by atoms with van der Waals surface area (Å²) in [5, 5.41) is 0. The molecule has 4 nitrogen and oxygen atoms in total. The summed E-state index contributed by atoms with van der Waals surface area (Å²) in [6, 6.07) is 8.01. The monoisotopic (exact) mass is 354 g/mol. The van der Waals surface area contributed by atoms with Crippen molar-refractivity contribution in [3.63, 3.8) is 0 Å². The van der Waals surface area contributed by atoms with Crippen LogP contribution in [0.5, 0.6) is 0 Å². The van der Waals surface area contributed by atoms with Crippen molar-refractivity contribution in [3.8, 4) is 0 Å². The summed E-state index contributed by atoms with van der Waals surface area (Å²) in [6.45, 7) is 7.97. The fourth-order valence-corrected chi connectivity index (χ4v) is 4.52. The first-order valence-corrected chi connectivity index (χ1v) is 9.89. The number of carbonyl (C=O) groups is 2. The lowest BCUT2D eigenvalue weighted by molar-refractivity contribution is -0.143. The molecule has 3 rings (SSSR count). The molecule has 1 aromatic rings. The Morgan fingerprint density at radius 1 is 1.23 bits per heavy atom. The molecule has 2 amide bonds. The predicted molar refractivity (Wildman–Crippen MR) is 104 cm³/mol. The van der Waals surface area contributed by atoms with E-state index in [2.05, 4.69) is 25.6 Å². The van der Waals surface area contributed by atoms with Crippen LogP contribution >= 0.6 is 0 Å². The molecule has 0 aromatic heterocycles. The normalized spacial score (nSPS) is 23.3. The van der Waals surface area contributed by atoms with Crippen LogP contribution in [0.4, 0.5) is 0 Å². The number of nitrogens with zero attached hydrogens (tertiary/aromatic N) is 2. The maximum Gasteiger partial charge on any atom is 0.253 e. The highest BCUT2D eigenvalue weighted by Gasteiger charge is 2.45. The Balaban J connectivity index is 1.77. The molecular weight excluding hydrogens is 324 g/mol. The molecule has 1 atom stereocenters. The van der Waals surface area contributed by atoms with Gasteiger partial charge >= 0.3 is 0 Å². The van der Waals surface area contributed by atoms with E-state index in [4.69, 9.17) is 0 Å². The first kappa shape index (κ1) is 18.7. The number of piperidine rings is 2. The van der Waals surface area contributed by atoms with Crippen LogP contribution in [0.1, 0.15) is 61.4 Å². The van der Waals surface area contributed by atoms with E-state index in [1.54, 1.807) is 6.08 Å². The average Bonchev–Trinajstić information content (AvgIpc) is 2.65. The molecule has 0 aliphatic carbocycles. The van der Waals surface area contributed by atoms with Crippen LogP contribution in [0.15, 0.2) is 36.9 Å². The SMILES string of the molecule is C=CCN1C(=O)CCC[C@]12CCCN(C(=O)c1ccc(CCC)cc1)C2. The van der Waals surface area contributed by atoms with Crippen LogP contribution in [-0.2, 0) is 11.2 Å². The number of hydrogen-bond donors (Lipinski definition) is 0. The average molecular weight is 354 g/mol. The van der Waals surface area contributed by atoms with E-state index >= 15 is 0 Å². The molecule has 0 saturated carbocycles. The summed E-state index contributed by atoms with van der Waals surface area (Å²) in [5.41, 5.74) is 1.81. The minimum absolute atomic E-state index is 0.0868. The summed E-state index contributed by atoms with van der Waals surface area (Å²) >= 11 is 0. The zero-order valence-electron chi connectivity index (χ0n) is 15.9. The highest BCUT2D eigenvalue weighted by molar-refractivity contribution is 5.94. The second kappa shape index (κ2) is 8.07. The van der Waals surface area contributed by atoms with E-state index < -0.39 is 0 Å². The maximum absolute atomic E-state index is 13.0. The van der Waals surface area contributed by atoms with E-state index in [1.807, 2.05) is 21.9 Å². The third kappa shape index (κ3) is 3.69. The Bertz CT molecular complexity index is 663. The number of likely N-dealkylation sites (tertiary alicyclic amines) is 2. The van der Waals surface area contributed by atoms with Crippen molar-refractivity contribution in [1.82, 2.24) is 9.80 Å². The zero-order chi connectivity index (χ0) is 18.6. The van der Waals surface area contributed by atoms with Gasteiger partial charge in [-0.3, -0.25) is 9.59 Å². The number of aryl methyl sites for hydroxylation is 1. The van der Waals surface area contributed by atoms with E-state index in [0.29, 0.717) is 19.5 Å². The van der Waals surface area contributed by atoms with Gasteiger partial charge in [0.2, 0.25) is 5.91 Å². The summed E-state index contributed by atoms with van der Waals surface area (Å²) in [5.74, 6) is 0.290. The van der Waals surface area contributed by atoms with Crippen LogP contribution in [0.2, 0.25) is 0 Å². The topological polar surface area (TPSA) is 40.6 Å². The fourth-order valence-electron chi connectivity index (χ4n) is 4.52. The summed E-state index contributed by atoms with van der Waals surface area (Å²) in [4.78, 5) is 29.5. The highest BCUT2D eigenvalue weighted by atomic mass is 16.2. The summed E-state index contributed by atoms with van der Waals surface area (Å²) in [7, 11) is 0. The molecule has 140 valence electrons. The lowest BCUT2D eigenvalue weighted by Crippen LogP contribution is -2.63. The third-order valence-corrected chi connectivity index (χ3v) is 5.80. The number of hydrogen-bond acceptors (Lipinski definition) is 2. The van der Waals surface area contributed by atoms with Gasteiger partial charge in [-0.2, -0.15) is 0 Å². The molecule has 0 N–H and O–H groups in total. The minimum atomic E-state index is -0.209. The lowest BCUT2D eigenvalue weighted by Gasteiger charge is -2.52. The van der Waals surface area contributed by atoms with Crippen molar-refractivity contribution in [2.45, 2.75) is 57.4 Å². The van der Waals surface area contributed by atoms with Crippen LogP contribution < -0.4 is 0 Å². The van der Waals surface area contributed by atoms with Gasteiger partial charge in [0.05, 0.1) is 5.54 Å². The maximum atomic E-state index is 13.0. The van der Waals surface area contributed by atoms with Crippen molar-refractivity contribution in [2.75, 3.05) is 19.6 Å². The molecule has 2 aliphatic rings. The largest absolute Gasteiger partial charge is 0.336 e. The van der Waals surface area contributed by atoms with Crippen molar-refractivity contribution in [3.05, 3.63) is 48.0 Å². The van der Waals surface area contributed by atoms with Crippen LogP contribution in [-0.4, -0.2) is 46.8 Å². The third-order valence-electron chi connectivity index (χ3n) is 5.80. The summed E-state index contributed by atoms with van der Waals surface area (Å²) < 4.78 is 0. The molecule has 26 heavy (non-hydrogen) atoms. The Morgan fingerprint density at radius 3 is 2.65 bits per heavy atom. The molecule has 1 aromatic carbocycles. The highest BCUT2D eigenvalue weighted by Crippen LogP contribution is 2.37. The Kier molecular flexibility index (Phi) is 5.80. The molecule has 2 fully saturated rings. The second-order valence-corrected chi connectivity index (χ2v) is 7.65. The van der Waals surface area contributed by atoms with Gasteiger partial charge in [0.25, 0.3) is 5.91 Å². The molecule has 2 aliphatic heterocycles. The second-order valence-electron chi connectivity index (χ2n) is 7.65. The van der Waals surface area contributed by atoms with E-state index in [0.717, 1.165) is 50.6 Å². The molecule has 1 spiro atoms. The fraction of sp³-hybridized carbons (Fsp3) is 0.545. The van der Waals surface area contributed by atoms with Gasteiger partial charge in [-0.1, -0.05) is 31.6 Å². The van der Waals surface area contributed by atoms with Gasteiger partial charge in [0.15, 0.2) is 0 Å². The zero-order valence-corrected chi connectivity index (χ0v) is 15.9. The first-order chi connectivity index (χ1) is 12.6. The van der Waals surface area contributed by atoms with Gasteiger partial charge in [-0.15, -0.1) is 6.58 Å². The molecule has 4 heteroatoms. The standard InChI is InChI=1S/C22H30N2O2/c1-3-7-18-9-11-19(12-10-18)21(26)23-16-6-14-22(17-23)13-5-8-20(25)24(22)15-4-2/h4,9-12H,2-3,5-8,13-17H2,1H3/t22-/m1/s1. The van der Waals surface area contributed by atoms with Crippen LogP contribution in [0.3, 0.4) is 0 Å². The number of benzene rings is 1. The van der Waals surface area contributed by atoms with E-state index in [9.17, 15) is 9.59 Å². The van der Waals surface area contributed by atoms with E-state index in [-0.39, 0.29) is 17.4 Å². The molecular formula is C22H30N2O2. The molecule has 0 radical (unpaired) electrons. The van der Waals surface area contributed by atoms with Crippen LogP contribution in [0.25, 0.3) is 0 Å². The number of carbonyl (C=O) groups excluding carboxylic acids is 2. The Labute approximate surface area is 156 Å². The van der Waals surface area contributed by atoms with Gasteiger partial charge in [0.1, 0.15) is 0 Å². The van der Waals surface area contributed by atoms with Crippen molar-refractivity contribution >= 4 is 11.8 Å². The number of rotatable bonds is 5. The minimum Gasteiger partial charge on any atom is -0.336 e. The molecule has 0 unspecified atom stereocenters. The molecule has 0 bridgehead atoms. The quantitative estimate of drug-likeness (QED) is 0.755. The van der Waals surface area contributed by atoms with Crippen molar-refractivity contribution in [2.24, 2.45) is 0 Å². The smallest absolute Gasteiger partial charge is 0.253 e.